The van der Waals surface area contributed by atoms with Gasteiger partial charge in [0.15, 0.2) is 0 Å². The van der Waals surface area contributed by atoms with Crippen LogP contribution in [-0.2, 0) is 14.8 Å². The number of rotatable bonds is 7. The molecule has 0 bridgehead atoms. The van der Waals surface area contributed by atoms with Crippen LogP contribution >= 0.6 is 0 Å². The molecule has 0 aromatic heterocycles. The molecular formula is C15H24N2O3S. The molecule has 1 aromatic carbocycles. The summed E-state index contributed by atoms with van der Waals surface area (Å²) in [6, 6.07) is 7.00. The Morgan fingerprint density at radius 1 is 1.29 bits per heavy atom. The van der Waals surface area contributed by atoms with Crippen molar-refractivity contribution in [1.82, 2.24) is 4.72 Å². The molecule has 0 radical (unpaired) electrons. The zero-order valence-corrected chi connectivity index (χ0v) is 13.3. The lowest BCUT2D eigenvalue weighted by atomic mass is 10.1. The van der Waals surface area contributed by atoms with E-state index in [4.69, 9.17) is 4.74 Å². The number of hydrogen-bond donors (Lipinski definition) is 2. The van der Waals surface area contributed by atoms with Gasteiger partial charge in [0.1, 0.15) is 4.90 Å². The highest BCUT2D eigenvalue weighted by molar-refractivity contribution is 7.89. The van der Waals surface area contributed by atoms with Crippen LogP contribution in [0.4, 0.5) is 5.69 Å². The fourth-order valence-electron chi connectivity index (χ4n) is 2.35. The van der Waals surface area contributed by atoms with E-state index in [9.17, 15) is 8.42 Å². The molecule has 1 aromatic rings. The van der Waals surface area contributed by atoms with Crippen LogP contribution in [0.2, 0.25) is 0 Å². The molecule has 0 aliphatic carbocycles. The van der Waals surface area contributed by atoms with Crippen molar-refractivity contribution in [3.63, 3.8) is 0 Å². The molecule has 5 nitrogen and oxygen atoms in total. The smallest absolute Gasteiger partial charge is 0.242 e. The molecule has 1 fully saturated rings. The second kappa shape index (κ2) is 7.77. The highest BCUT2D eigenvalue weighted by Crippen LogP contribution is 2.21. The second-order valence-corrected chi connectivity index (χ2v) is 7.00. The number of hydrogen-bond acceptors (Lipinski definition) is 4. The van der Waals surface area contributed by atoms with Crippen LogP contribution in [0.25, 0.3) is 0 Å². The molecule has 2 N–H and O–H groups in total. The van der Waals surface area contributed by atoms with E-state index in [0.29, 0.717) is 23.7 Å². The molecule has 0 amide bonds. The number of anilines is 1. The summed E-state index contributed by atoms with van der Waals surface area (Å²) in [5.41, 5.74) is 0.635. The molecule has 2 rings (SSSR count). The fourth-order valence-corrected chi connectivity index (χ4v) is 3.67. The molecule has 1 aliphatic heterocycles. The quantitative estimate of drug-likeness (QED) is 0.811. The molecule has 118 valence electrons. The Bertz CT molecular complexity index is 540. The van der Waals surface area contributed by atoms with E-state index in [-0.39, 0.29) is 6.10 Å². The normalized spacial score (nSPS) is 19.4. The molecule has 1 heterocycles. The molecule has 1 atom stereocenters. The third kappa shape index (κ3) is 4.69. The van der Waals surface area contributed by atoms with Crippen molar-refractivity contribution in [3.05, 3.63) is 24.3 Å². The minimum absolute atomic E-state index is 0.165. The Labute approximate surface area is 127 Å². The number of nitrogens with one attached hydrogen (secondary N) is 2. The molecule has 1 aliphatic rings. The zero-order chi connectivity index (χ0) is 15.1. The minimum Gasteiger partial charge on any atom is -0.381 e. The maximum absolute atomic E-state index is 12.3. The van der Waals surface area contributed by atoms with Crippen LogP contribution < -0.4 is 10.0 Å². The summed E-state index contributed by atoms with van der Waals surface area (Å²) in [6.45, 7) is 3.82. The Kier molecular flexibility index (Phi) is 6.02. The Hall–Kier alpha value is -1.11. The molecule has 21 heavy (non-hydrogen) atoms. The van der Waals surface area contributed by atoms with Crippen LogP contribution in [0.5, 0.6) is 0 Å². The predicted molar refractivity (Wildman–Crippen MR) is 84.0 cm³/mol. The maximum atomic E-state index is 12.3. The van der Waals surface area contributed by atoms with E-state index in [0.717, 1.165) is 25.9 Å². The number of ether oxygens (including phenoxy) is 1. The highest BCUT2D eigenvalue weighted by Gasteiger charge is 2.19. The third-order valence-electron chi connectivity index (χ3n) is 3.51. The Morgan fingerprint density at radius 3 is 2.81 bits per heavy atom. The average molecular weight is 312 g/mol. The van der Waals surface area contributed by atoms with E-state index < -0.39 is 10.0 Å². The van der Waals surface area contributed by atoms with Crippen LogP contribution in [0.3, 0.4) is 0 Å². The lowest BCUT2D eigenvalue weighted by Gasteiger charge is -2.23. The van der Waals surface area contributed by atoms with Gasteiger partial charge in [0.25, 0.3) is 0 Å². The monoisotopic (exact) mass is 312 g/mol. The SMILES string of the molecule is CCCNS(=O)(=O)c1ccccc1NCC1CCCCO1. The van der Waals surface area contributed by atoms with Gasteiger partial charge >= 0.3 is 0 Å². The number of para-hydroxylation sites is 1. The van der Waals surface area contributed by atoms with Crippen molar-refractivity contribution in [2.45, 2.75) is 43.6 Å². The molecule has 6 heteroatoms. The van der Waals surface area contributed by atoms with Crippen LogP contribution in [-0.4, -0.2) is 34.2 Å². The van der Waals surface area contributed by atoms with Crippen molar-refractivity contribution in [2.75, 3.05) is 25.0 Å². The van der Waals surface area contributed by atoms with Crippen molar-refractivity contribution in [3.8, 4) is 0 Å². The van der Waals surface area contributed by atoms with Crippen molar-refractivity contribution in [2.24, 2.45) is 0 Å². The lowest BCUT2D eigenvalue weighted by Crippen LogP contribution is -2.29. The lowest BCUT2D eigenvalue weighted by molar-refractivity contribution is 0.0247. The standard InChI is InChI=1S/C15H24N2O3S/c1-2-10-17-21(18,19)15-9-4-3-8-14(15)16-12-13-7-5-6-11-20-13/h3-4,8-9,13,16-17H,2,5-7,10-12H2,1H3. The summed E-state index contributed by atoms with van der Waals surface area (Å²) in [7, 11) is -3.46. The summed E-state index contributed by atoms with van der Waals surface area (Å²) in [5.74, 6) is 0. The van der Waals surface area contributed by atoms with Gasteiger partial charge in [-0.05, 0) is 37.8 Å². The average Bonchev–Trinajstić information content (AvgIpc) is 2.52. The van der Waals surface area contributed by atoms with Gasteiger partial charge < -0.3 is 10.1 Å². The van der Waals surface area contributed by atoms with E-state index in [1.54, 1.807) is 18.2 Å². The van der Waals surface area contributed by atoms with Gasteiger partial charge in [0.2, 0.25) is 10.0 Å². The number of benzene rings is 1. The Morgan fingerprint density at radius 2 is 2.10 bits per heavy atom. The van der Waals surface area contributed by atoms with E-state index >= 15 is 0 Å². The molecule has 0 spiro atoms. The molecule has 0 saturated carbocycles. The van der Waals surface area contributed by atoms with E-state index in [1.165, 1.54) is 6.42 Å². The van der Waals surface area contributed by atoms with Crippen molar-refractivity contribution in [1.29, 1.82) is 0 Å². The summed E-state index contributed by atoms with van der Waals surface area (Å²) >= 11 is 0. The molecular weight excluding hydrogens is 288 g/mol. The van der Waals surface area contributed by atoms with Crippen LogP contribution in [0, 0.1) is 0 Å². The third-order valence-corrected chi connectivity index (χ3v) is 5.03. The van der Waals surface area contributed by atoms with Gasteiger partial charge in [-0.2, -0.15) is 0 Å². The zero-order valence-electron chi connectivity index (χ0n) is 12.5. The highest BCUT2D eigenvalue weighted by atomic mass is 32.2. The van der Waals surface area contributed by atoms with Gasteiger partial charge in [-0.3, -0.25) is 0 Å². The van der Waals surface area contributed by atoms with Gasteiger partial charge in [-0.15, -0.1) is 0 Å². The predicted octanol–water partition coefficient (Wildman–Crippen LogP) is 2.36. The van der Waals surface area contributed by atoms with E-state index in [2.05, 4.69) is 10.0 Å². The van der Waals surface area contributed by atoms with Crippen LogP contribution in [0.15, 0.2) is 29.2 Å². The first-order chi connectivity index (χ1) is 10.1. The Balaban J connectivity index is 2.05. The second-order valence-electron chi connectivity index (χ2n) is 5.26. The van der Waals surface area contributed by atoms with Crippen molar-refractivity contribution >= 4 is 15.7 Å². The van der Waals surface area contributed by atoms with E-state index in [1.807, 2.05) is 13.0 Å². The minimum atomic E-state index is -3.46. The number of sulfonamides is 1. The van der Waals surface area contributed by atoms with Gasteiger partial charge in [0, 0.05) is 19.7 Å². The summed E-state index contributed by atoms with van der Waals surface area (Å²) < 4.78 is 32.8. The van der Waals surface area contributed by atoms with Gasteiger partial charge in [-0.25, -0.2) is 13.1 Å². The fraction of sp³-hybridized carbons (Fsp3) is 0.600. The van der Waals surface area contributed by atoms with Crippen molar-refractivity contribution < 1.29 is 13.2 Å². The first kappa shape index (κ1) is 16.3. The topological polar surface area (TPSA) is 67.4 Å². The summed E-state index contributed by atoms with van der Waals surface area (Å²) in [6.07, 6.45) is 4.24. The summed E-state index contributed by atoms with van der Waals surface area (Å²) in [4.78, 5) is 0.300. The first-order valence-electron chi connectivity index (χ1n) is 7.57. The van der Waals surface area contributed by atoms with Crippen LogP contribution in [0.1, 0.15) is 32.6 Å². The van der Waals surface area contributed by atoms with Gasteiger partial charge in [0.05, 0.1) is 11.8 Å². The largest absolute Gasteiger partial charge is 0.381 e. The first-order valence-corrected chi connectivity index (χ1v) is 9.06. The van der Waals surface area contributed by atoms with Gasteiger partial charge in [-0.1, -0.05) is 19.1 Å². The molecule has 1 saturated heterocycles. The maximum Gasteiger partial charge on any atom is 0.242 e. The summed E-state index contributed by atoms with van der Waals surface area (Å²) in [5, 5.41) is 3.22. The molecule has 1 unspecified atom stereocenters.